The Bertz CT molecular complexity index is 580. The molecule has 0 fully saturated rings. The van der Waals surface area contributed by atoms with Gasteiger partial charge in [0.1, 0.15) is 15.7 Å². The summed E-state index contributed by atoms with van der Waals surface area (Å²) in [5.41, 5.74) is 1.47. The van der Waals surface area contributed by atoms with Crippen LogP contribution in [0.1, 0.15) is 29.1 Å². The van der Waals surface area contributed by atoms with Crippen LogP contribution < -0.4 is 0 Å². The number of nitrogens with zero attached hydrogens (tertiary/aromatic N) is 2. The maximum absolute atomic E-state index is 9.00. The molecule has 3 rings (SSSR count). The molecule has 3 nitrogen and oxygen atoms in total. The van der Waals surface area contributed by atoms with Crippen LogP contribution in [0.5, 0.6) is 0 Å². The third kappa shape index (κ3) is 2.15. The van der Waals surface area contributed by atoms with Crippen LogP contribution in [0.2, 0.25) is 0 Å². The van der Waals surface area contributed by atoms with Crippen molar-refractivity contribution in [2.75, 3.05) is 12.4 Å². The second-order valence-corrected chi connectivity index (χ2v) is 6.71. The molecule has 1 aliphatic carbocycles. The zero-order valence-corrected chi connectivity index (χ0v) is 12.0. The van der Waals surface area contributed by atoms with Gasteiger partial charge in [-0.1, -0.05) is 0 Å². The van der Waals surface area contributed by atoms with Gasteiger partial charge in [-0.3, -0.25) is 0 Å². The second-order valence-electron chi connectivity index (χ2n) is 4.54. The first-order chi connectivity index (χ1) is 8.79. The summed E-state index contributed by atoms with van der Waals surface area (Å²) >= 11 is 3.48. The Labute approximate surface area is 115 Å². The first-order valence-electron chi connectivity index (χ1n) is 6.32. The van der Waals surface area contributed by atoms with E-state index in [1.165, 1.54) is 35.1 Å². The summed E-state index contributed by atoms with van der Waals surface area (Å²) in [4.78, 5) is 11.8. The summed E-state index contributed by atoms with van der Waals surface area (Å²) in [6, 6.07) is 0. The third-order valence-corrected chi connectivity index (χ3v) is 5.36. The van der Waals surface area contributed by atoms with E-state index in [2.05, 4.69) is 9.97 Å². The molecule has 0 amide bonds. The lowest BCUT2D eigenvalue weighted by molar-refractivity contribution is 0.322. The molecule has 96 valence electrons. The predicted molar refractivity (Wildman–Crippen MR) is 76.6 cm³/mol. The Morgan fingerprint density at radius 2 is 2.11 bits per heavy atom. The molecular weight excluding hydrogens is 264 g/mol. The van der Waals surface area contributed by atoms with Gasteiger partial charge >= 0.3 is 0 Å². The average Bonchev–Trinajstić information content (AvgIpc) is 2.73. The van der Waals surface area contributed by atoms with Gasteiger partial charge < -0.3 is 5.11 Å². The van der Waals surface area contributed by atoms with Crippen molar-refractivity contribution < 1.29 is 5.11 Å². The molecule has 0 bridgehead atoms. The van der Waals surface area contributed by atoms with Gasteiger partial charge in [-0.15, -0.1) is 23.1 Å². The van der Waals surface area contributed by atoms with Gasteiger partial charge in [0.25, 0.3) is 0 Å². The highest BCUT2D eigenvalue weighted by Crippen LogP contribution is 2.39. The van der Waals surface area contributed by atoms with Crippen LogP contribution >= 0.6 is 23.1 Å². The molecule has 2 aromatic rings. The average molecular weight is 280 g/mol. The number of aryl methyl sites for hydroxylation is 3. The van der Waals surface area contributed by atoms with Crippen LogP contribution in [0.3, 0.4) is 0 Å². The van der Waals surface area contributed by atoms with E-state index < -0.39 is 0 Å². The number of thiophene rings is 1. The number of aromatic nitrogens is 2. The summed E-state index contributed by atoms with van der Waals surface area (Å²) < 4.78 is 0. The smallest absolute Gasteiger partial charge is 0.128 e. The van der Waals surface area contributed by atoms with Gasteiger partial charge in [-0.25, -0.2) is 9.97 Å². The number of aliphatic hydroxyl groups excluding tert-OH is 1. The topological polar surface area (TPSA) is 46.0 Å². The quantitative estimate of drug-likeness (QED) is 0.693. The zero-order chi connectivity index (χ0) is 12.5. The molecule has 0 radical (unpaired) electrons. The maximum atomic E-state index is 9.00. The molecule has 2 heterocycles. The summed E-state index contributed by atoms with van der Waals surface area (Å²) in [5.74, 6) is 1.54. The molecule has 5 heteroatoms. The van der Waals surface area contributed by atoms with Gasteiger partial charge in [-0.05, 0) is 38.2 Å². The van der Waals surface area contributed by atoms with Crippen LogP contribution in [-0.2, 0) is 12.8 Å². The van der Waals surface area contributed by atoms with Crippen molar-refractivity contribution in [3.63, 3.8) is 0 Å². The number of hydrogen-bond acceptors (Lipinski definition) is 5. The number of aliphatic hydroxyl groups is 1. The van der Waals surface area contributed by atoms with Crippen molar-refractivity contribution in [2.24, 2.45) is 0 Å². The summed E-state index contributed by atoms with van der Waals surface area (Å²) in [6.45, 7) is 2.14. The number of thioether (sulfide) groups is 1. The lowest BCUT2D eigenvalue weighted by Gasteiger charge is -2.11. The molecule has 0 atom stereocenters. The minimum atomic E-state index is 0.196. The van der Waals surface area contributed by atoms with Crippen LogP contribution in [0.4, 0.5) is 0 Å². The monoisotopic (exact) mass is 280 g/mol. The molecule has 0 spiro atoms. The summed E-state index contributed by atoms with van der Waals surface area (Å²) in [6.07, 6.45) is 4.93. The fourth-order valence-corrected chi connectivity index (χ4v) is 4.69. The van der Waals surface area contributed by atoms with E-state index in [4.69, 9.17) is 5.11 Å². The fourth-order valence-electron chi connectivity index (χ4n) is 2.47. The summed E-state index contributed by atoms with van der Waals surface area (Å²) in [5, 5.41) is 11.3. The highest BCUT2D eigenvalue weighted by Gasteiger charge is 2.20. The SMILES string of the molecule is Cc1nc(SCCO)c2c3c(sc2n1)CCCC3. The molecule has 2 aromatic heterocycles. The molecule has 0 saturated carbocycles. The van der Waals surface area contributed by atoms with Crippen molar-refractivity contribution in [2.45, 2.75) is 37.6 Å². The molecule has 0 saturated heterocycles. The molecule has 1 N–H and O–H groups in total. The third-order valence-electron chi connectivity index (χ3n) is 3.22. The van der Waals surface area contributed by atoms with Crippen molar-refractivity contribution in [3.8, 4) is 0 Å². The van der Waals surface area contributed by atoms with Gasteiger partial charge in [0.05, 0.1) is 6.61 Å². The van der Waals surface area contributed by atoms with Crippen LogP contribution in [-0.4, -0.2) is 27.4 Å². The first-order valence-corrected chi connectivity index (χ1v) is 8.12. The highest BCUT2D eigenvalue weighted by atomic mass is 32.2. The Hall–Kier alpha value is -0.650. The van der Waals surface area contributed by atoms with E-state index in [0.29, 0.717) is 5.75 Å². The number of rotatable bonds is 3. The largest absolute Gasteiger partial charge is 0.396 e. The van der Waals surface area contributed by atoms with Crippen LogP contribution in [0, 0.1) is 6.92 Å². The lowest BCUT2D eigenvalue weighted by atomic mass is 9.97. The summed E-state index contributed by atoms with van der Waals surface area (Å²) in [7, 11) is 0. The fraction of sp³-hybridized carbons (Fsp3) is 0.538. The minimum absolute atomic E-state index is 0.196. The molecule has 18 heavy (non-hydrogen) atoms. The van der Waals surface area contributed by atoms with Gasteiger partial charge in [0.2, 0.25) is 0 Å². The van der Waals surface area contributed by atoms with Crippen molar-refractivity contribution in [3.05, 3.63) is 16.3 Å². The zero-order valence-electron chi connectivity index (χ0n) is 10.4. The van der Waals surface area contributed by atoms with Crippen molar-refractivity contribution in [1.29, 1.82) is 0 Å². The Morgan fingerprint density at radius 3 is 2.94 bits per heavy atom. The normalized spacial score (nSPS) is 15.0. The van der Waals surface area contributed by atoms with Crippen molar-refractivity contribution >= 4 is 33.3 Å². The first kappa shape index (κ1) is 12.4. The standard InChI is InChI=1S/C13H16N2OS2/c1-8-14-12(17-7-6-16)11-9-4-2-3-5-10(9)18-13(11)15-8/h16H,2-7H2,1H3. The van der Waals surface area contributed by atoms with E-state index >= 15 is 0 Å². The van der Waals surface area contributed by atoms with Gasteiger partial charge in [0, 0.05) is 16.0 Å². The van der Waals surface area contributed by atoms with E-state index in [1.807, 2.05) is 18.3 Å². The lowest BCUT2D eigenvalue weighted by Crippen LogP contribution is -2.00. The molecule has 0 aliphatic heterocycles. The molecule has 1 aliphatic rings. The molecule has 0 aromatic carbocycles. The highest BCUT2D eigenvalue weighted by molar-refractivity contribution is 7.99. The predicted octanol–water partition coefficient (Wildman–Crippen LogP) is 2.96. The number of fused-ring (bicyclic) bond motifs is 3. The van der Waals surface area contributed by atoms with E-state index in [1.54, 1.807) is 11.8 Å². The number of hydrogen-bond donors (Lipinski definition) is 1. The second kappa shape index (κ2) is 5.15. The molecular formula is C13H16N2OS2. The van der Waals surface area contributed by atoms with Crippen molar-refractivity contribution in [1.82, 2.24) is 9.97 Å². The Kier molecular flexibility index (Phi) is 3.54. The molecule has 0 unspecified atom stereocenters. The minimum Gasteiger partial charge on any atom is -0.396 e. The van der Waals surface area contributed by atoms with E-state index in [-0.39, 0.29) is 6.61 Å². The van der Waals surface area contributed by atoms with Crippen LogP contribution in [0.15, 0.2) is 5.03 Å². The Morgan fingerprint density at radius 1 is 1.28 bits per heavy atom. The van der Waals surface area contributed by atoms with E-state index in [0.717, 1.165) is 22.1 Å². The van der Waals surface area contributed by atoms with E-state index in [9.17, 15) is 0 Å². The van der Waals surface area contributed by atoms with Gasteiger partial charge in [0.15, 0.2) is 0 Å². The van der Waals surface area contributed by atoms with Crippen LogP contribution in [0.25, 0.3) is 10.2 Å². The van der Waals surface area contributed by atoms with Gasteiger partial charge in [-0.2, -0.15) is 0 Å². The Balaban J connectivity index is 2.16. The maximum Gasteiger partial charge on any atom is 0.128 e.